The molecule has 23 heavy (non-hydrogen) atoms. The Hall–Kier alpha value is -2.29. The number of rotatable bonds is 5. The van der Waals surface area contributed by atoms with Crippen molar-refractivity contribution in [3.63, 3.8) is 0 Å². The Bertz CT molecular complexity index is 592. The van der Waals surface area contributed by atoms with Crippen molar-refractivity contribution in [1.82, 2.24) is 5.32 Å². The van der Waals surface area contributed by atoms with Gasteiger partial charge in [-0.2, -0.15) is 0 Å². The number of anilines is 1. The van der Waals surface area contributed by atoms with Crippen LogP contribution in [-0.2, 0) is 14.3 Å². The Labute approximate surface area is 130 Å². The number of nitrogens with one attached hydrogen (secondary N) is 1. The molecule has 1 aromatic carbocycles. The Kier molecular flexibility index (Phi) is 5.09. The zero-order valence-electron chi connectivity index (χ0n) is 12.2. The van der Waals surface area contributed by atoms with Gasteiger partial charge in [0.25, 0.3) is 0 Å². The van der Waals surface area contributed by atoms with Crippen LogP contribution in [0.3, 0.4) is 0 Å². The Morgan fingerprint density at radius 3 is 2.83 bits per heavy atom. The Morgan fingerprint density at radius 2 is 2.17 bits per heavy atom. The van der Waals surface area contributed by atoms with E-state index < -0.39 is 30.0 Å². The van der Waals surface area contributed by atoms with Gasteiger partial charge in [-0.1, -0.05) is 6.07 Å². The lowest BCUT2D eigenvalue weighted by atomic mass is 10.2. The van der Waals surface area contributed by atoms with Crippen LogP contribution < -0.4 is 15.0 Å². The van der Waals surface area contributed by atoms with E-state index in [1.165, 1.54) is 24.1 Å². The minimum atomic E-state index is -4.80. The highest BCUT2D eigenvalue weighted by atomic mass is 19.4. The average Bonchev–Trinajstić information content (AvgIpc) is 2.79. The predicted molar refractivity (Wildman–Crippen MR) is 73.9 cm³/mol. The zero-order valence-corrected chi connectivity index (χ0v) is 12.2. The summed E-state index contributed by atoms with van der Waals surface area (Å²) >= 11 is 0. The first-order valence-corrected chi connectivity index (χ1v) is 6.75. The second kappa shape index (κ2) is 6.86. The molecule has 0 saturated carbocycles. The molecule has 0 bridgehead atoms. The minimum absolute atomic E-state index is 0.168. The Morgan fingerprint density at radius 1 is 1.43 bits per heavy atom. The molecule has 6 nitrogen and oxygen atoms in total. The van der Waals surface area contributed by atoms with Crippen molar-refractivity contribution < 1.29 is 32.2 Å². The van der Waals surface area contributed by atoms with E-state index >= 15 is 0 Å². The van der Waals surface area contributed by atoms with Crippen LogP contribution in [-0.4, -0.2) is 44.5 Å². The third kappa shape index (κ3) is 4.59. The molecule has 0 radical (unpaired) electrons. The molecule has 1 aromatic rings. The van der Waals surface area contributed by atoms with Crippen LogP contribution in [0, 0.1) is 0 Å². The van der Waals surface area contributed by atoms with Gasteiger partial charge in [0.05, 0.1) is 0 Å². The van der Waals surface area contributed by atoms with Crippen LogP contribution in [0.15, 0.2) is 24.3 Å². The lowest BCUT2D eigenvalue weighted by Crippen LogP contribution is -2.42. The maximum atomic E-state index is 12.2. The summed E-state index contributed by atoms with van der Waals surface area (Å²) in [5.41, 5.74) is 0.278. The number of nitrogens with zero attached hydrogens (tertiary/aromatic N) is 1. The quantitative estimate of drug-likeness (QED) is 0.886. The average molecular weight is 332 g/mol. The van der Waals surface area contributed by atoms with Crippen LogP contribution in [0.25, 0.3) is 0 Å². The van der Waals surface area contributed by atoms with Gasteiger partial charge in [0.2, 0.25) is 11.8 Å². The number of hydrogen-bond acceptors (Lipinski definition) is 4. The summed E-state index contributed by atoms with van der Waals surface area (Å²) in [4.78, 5) is 25.0. The normalized spacial score (nSPS) is 18.2. The fourth-order valence-corrected chi connectivity index (χ4v) is 2.29. The van der Waals surface area contributed by atoms with Gasteiger partial charge in [-0.15, -0.1) is 13.2 Å². The molecular formula is C14H15F3N2O4. The van der Waals surface area contributed by atoms with Gasteiger partial charge in [0.15, 0.2) is 0 Å². The lowest BCUT2D eigenvalue weighted by molar-refractivity contribution is -0.274. The summed E-state index contributed by atoms with van der Waals surface area (Å²) in [6.07, 6.45) is -4.44. The minimum Gasteiger partial charge on any atom is -0.406 e. The fraction of sp³-hybridized carbons (Fsp3) is 0.429. The lowest BCUT2D eigenvalue weighted by Gasteiger charge is -2.18. The predicted octanol–water partition coefficient (Wildman–Crippen LogP) is 1.45. The van der Waals surface area contributed by atoms with E-state index in [-0.39, 0.29) is 18.8 Å². The number of benzene rings is 1. The standard InChI is InChI=1S/C14H15F3N2O4/c1-22-8-12(20)18-11-5-6-19(13(11)21)9-3-2-4-10(7-9)23-14(15,16)17/h2-4,7,11H,5-6,8H2,1H3,(H,18,20)/t11-/m1/s1. The topological polar surface area (TPSA) is 67.9 Å². The zero-order chi connectivity index (χ0) is 17.0. The molecule has 0 aliphatic carbocycles. The van der Waals surface area contributed by atoms with Crippen LogP contribution in [0.5, 0.6) is 5.75 Å². The van der Waals surface area contributed by atoms with Crippen molar-refractivity contribution in [2.24, 2.45) is 0 Å². The van der Waals surface area contributed by atoms with E-state index in [2.05, 4.69) is 14.8 Å². The first-order valence-electron chi connectivity index (χ1n) is 6.75. The highest BCUT2D eigenvalue weighted by Crippen LogP contribution is 2.29. The van der Waals surface area contributed by atoms with Crippen molar-refractivity contribution in [2.45, 2.75) is 18.8 Å². The van der Waals surface area contributed by atoms with Crippen molar-refractivity contribution in [1.29, 1.82) is 0 Å². The van der Waals surface area contributed by atoms with Crippen LogP contribution >= 0.6 is 0 Å². The van der Waals surface area contributed by atoms with Crippen LogP contribution in [0.1, 0.15) is 6.42 Å². The number of halogens is 3. The maximum Gasteiger partial charge on any atom is 0.573 e. The number of amides is 2. The molecule has 126 valence electrons. The second-order valence-corrected chi connectivity index (χ2v) is 4.88. The van der Waals surface area contributed by atoms with Crippen LogP contribution in [0.2, 0.25) is 0 Å². The molecule has 0 aromatic heterocycles. The number of carbonyl (C=O) groups is 2. The molecule has 1 saturated heterocycles. The highest BCUT2D eigenvalue weighted by Gasteiger charge is 2.35. The molecule has 1 fully saturated rings. The SMILES string of the molecule is COCC(=O)N[C@@H]1CCN(c2cccc(OC(F)(F)F)c2)C1=O. The van der Waals surface area contributed by atoms with Gasteiger partial charge in [0, 0.05) is 25.4 Å². The number of ether oxygens (including phenoxy) is 2. The van der Waals surface area contributed by atoms with Crippen molar-refractivity contribution in [2.75, 3.05) is 25.2 Å². The number of methoxy groups -OCH3 is 1. The van der Waals surface area contributed by atoms with E-state index in [0.717, 1.165) is 12.1 Å². The fourth-order valence-electron chi connectivity index (χ4n) is 2.29. The number of alkyl halides is 3. The molecular weight excluding hydrogens is 317 g/mol. The summed E-state index contributed by atoms with van der Waals surface area (Å²) in [6, 6.07) is 4.42. The molecule has 2 rings (SSSR count). The summed E-state index contributed by atoms with van der Waals surface area (Å²) in [6.45, 7) is 0.116. The van der Waals surface area contributed by atoms with Gasteiger partial charge in [-0.25, -0.2) is 0 Å². The monoisotopic (exact) mass is 332 g/mol. The molecule has 0 spiro atoms. The smallest absolute Gasteiger partial charge is 0.406 e. The van der Waals surface area contributed by atoms with E-state index in [0.29, 0.717) is 6.42 Å². The first-order chi connectivity index (χ1) is 10.8. The summed E-state index contributed by atoms with van der Waals surface area (Å²) in [5, 5.41) is 2.52. The molecule has 1 aliphatic heterocycles. The largest absolute Gasteiger partial charge is 0.573 e. The van der Waals surface area contributed by atoms with Crippen molar-refractivity contribution >= 4 is 17.5 Å². The molecule has 1 heterocycles. The second-order valence-electron chi connectivity index (χ2n) is 4.88. The number of carbonyl (C=O) groups excluding carboxylic acids is 2. The molecule has 1 N–H and O–H groups in total. The number of hydrogen-bond donors (Lipinski definition) is 1. The van der Waals surface area contributed by atoms with Gasteiger partial charge in [-0.05, 0) is 18.6 Å². The summed E-state index contributed by atoms with van der Waals surface area (Å²) in [7, 11) is 1.36. The van der Waals surface area contributed by atoms with Gasteiger partial charge in [-0.3, -0.25) is 9.59 Å². The third-order valence-corrected chi connectivity index (χ3v) is 3.18. The molecule has 2 amide bonds. The van der Waals surface area contributed by atoms with E-state index in [1.807, 2.05) is 0 Å². The summed E-state index contributed by atoms with van der Waals surface area (Å²) < 4.78 is 45.2. The molecule has 1 atom stereocenters. The molecule has 9 heteroatoms. The molecule has 1 aliphatic rings. The van der Waals surface area contributed by atoms with E-state index in [1.54, 1.807) is 0 Å². The third-order valence-electron chi connectivity index (χ3n) is 3.18. The van der Waals surface area contributed by atoms with E-state index in [4.69, 9.17) is 0 Å². The first kappa shape index (κ1) is 17.1. The van der Waals surface area contributed by atoms with Gasteiger partial charge < -0.3 is 19.7 Å². The van der Waals surface area contributed by atoms with Gasteiger partial charge in [0.1, 0.15) is 18.4 Å². The maximum absolute atomic E-state index is 12.2. The summed E-state index contributed by atoms with van der Waals surface area (Å²) in [5.74, 6) is -1.23. The molecule has 0 unspecified atom stereocenters. The Balaban J connectivity index is 2.07. The van der Waals surface area contributed by atoms with Crippen molar-refractivity contribution in [3.05, 3.63) is 24.3 Å². The van der Waals surface area contributed by atoms with Crippen molar-refractivity contribution in [3.8, 4) is 5.75 Å². The highest BCUT2D eigenvalue weighted by molar-refractivity contribution is 6.01. The van der Waals surface area contributed by atoms with E-state index in [9.17, 15) is 22.8 Å². The van der Waals surface area contributed by atoms with Crippen LogP contribution in [0.4, 0.5) is 18.9 Å². The van der Waals surface area contributed by atoms with Gasteiger partial charge >= 0.3 is 6.36 Å².